The summed E-state index contributed by atoms with van der Waals surface area (Å²) in [6, 6.07) is 5.14. The number of rotatable bonds is 4. The Morgan fingerprint density at radius 1 is 1.53 bits per heavy atom. The Hall–Kier alpha value is -0.970. The molecule has 2 aromatic rings. The van der Waals surface area contributed by atoms with Crippen molar-refractivity contribution in [2.24, 2.45) is 0 Å². The van der Waals surface area contributed by atoms with Crippen LogP contribution >= 0.6 is 22.9 Å². The van der Waals surface area contributed by atoms with Crippen LogP contribution in [0, 0.1) is 5.82 Å². The Labute approximate surface area is 108 Å². The number of nitrogens with one attached hydrogen (secondary N) is 1. The number of halogens is 2. The van der Waals surface area contributed by atoms with Crippen LogP contribution in [0.15, 0.2) is 29.9 Å². The number of likely N-dealkylation sites (N-methyl/N-ethyl adjacent to an activating group) is 1. The molecule has 17 heavy (non-hydrogen) atoms. The smallest absolute Gasteiger partial charge is 0.145 e. The maximum Gasteiger partial charge on any atom is 0.145 e. The highest BCUT2D eigenvalue weighted by atomic mass is 35.5. The molecule has 5 heteroatoms. The molecule has 1 aromatic heterocycles. The van der Waals surface area contributed by atoms with Crippen molar-refractivity contribution in [1.29, 1.82) is 0 Å². The first-order chi connectivity index (χ1) is 8.22. The van der Waals surface area contributed by atoms with Gasteiger partial charge in [-0.3, -0.25) is 4.98 Å². The van der Waals surface area contributed by atoms with Crippen LogP contribution in [0.4, 0.5) is 4.39 Å². The standard InChI is InChI=1S/C12H12ClFN2S/c1-15-10(11-6-16-7-17-11)5-8-3-2-4-9(13)12(8)14/h2-4,6-7,10,15H,5H2,1H3. The minimum Gasteiger partial charge on any atom is -0.312 e. The summed E-state index contributed by atoms with van der Waals surface area (Å²) in [4.78, 5) is 5.12. The lowest BCUT2D eigenvalue weighted by atomic mass is 10.0. The first kappa shape index (κ1) is 12.5. The molecule has 0 aliphatic carbocycles. The molecule has 1 atom stereocenters. The van der Waals surface area contributed by atoms with Crippen LogP contribution < -0.4 is 5.32 Å². The maximum atomic E-state index is 13.8. The second-order valence-electron chi connectivity index (χ2n) is 3.66. The molecule has 1 heterocycles. The number of aromatic nitrogens is 1. The second-order valence-corrected chi connectivity index (χ2v) is 4.99. The van der Waals surface area contributed by atoms with Crippen molar-refractivity contribution in [2.45, 2.75) is 12.5 Å². The molecule has 0 radical (unpaired) electrons. The summed E-state index contributed by atoms with van der Waals surface area (Å²) < 4.78 is 13.8. The normalized spacial score (nSPS) is 12.6. The molecular formula is C12H12ClFN2S. The molecule has 0 saturated heterocycles. The predicted molar refractivity (Wildman–Crippen MR) is 69.0 cm³/mol. The summed E-state index contributed by atoms with van der Waals surface area (Å²) in [5, 5.41) is 3.33. The van der Waals surface area contributed by atoms with E-state index in [1.807, 2.05) is 7.05 Å². The molecule has 0 fully saturated rings. The quantitative estimate of drug-likeness (QED) is 0.921. The van der Waals surface area contributed by atoms with Gasteiger partial charge in [-0.05, 0) is 25.1 Å². The van der Waals surface area contributed by atoms with Crippen LogP contribution in [0.5, 0.6) is 0 Å². The van der Waals surface area contributed by atoms with Crippen LogP contribution in [0.25, 0.3) is 0 Å². The fraction of sp³-hybridized carbons (Fsp3) is 0.250. The second kappa shape index (κ2) is 5.58. The lowest BCUT2D eigenvalue weighted by Crippen LogP contribution is -2.18. The van der Waals surface area contributed by atoms with Gasteiger partial charge in [-0.2, -0.15) is 0 Å². The van der Waals surface area contributed by atoms with E-state index in [1.165, 1.54) is 0 Å². The van der Waals surface area contributed by atoms with E-state index in [1.54, 1.807) is 41.2 Å². The third-order valence-electron chi connectivity index (χ3n) is 2.60. The van der Waals surface area contributed by atoms with E-state index >= 15 is 0 Å². The highest BCUT2D eigenvalue weighted by molar-refractivity contribution is 7.09. The fourth-order valence-corrected chi connectivity index (χ4v) is 2.59. The molecule has 0 aliphatic rings. The summed E-state index contributed by atoms with van der Waals surface area (Å²) in [5.41, 5.74) is 2.39. The van der Waals surface area contributed by atoms with Crippen LogP contribution in [-0.2, 0) is 6.42 Å². The summed E-state index contributed by atoms with van der Waals surface area (Å²) >= 11 is 7.32. The molecule has 0 saturated carbocycles. The van der Waals surface area contributed by atoms with E-state index in [0.717, 1.165) is 4.88 Å². The lowest BCUT2D eigenvalue weighted by molar-refractivity contribution is 0.559. The van der Waals surface area contributed by atoms with Gasteiger partial charge in [-0.25, -0.2) is 4.39 Å². The molecule has 2 nitrogen and oxygen atoms in total. The Balaban J connectivity index is 2.22. The molecule has 2 rings (SSSR count). The molecule has 0 amide bonds. The largest absolute Gasteiger partial charge is 0.312 e. The Morgan fingerprint density at radius 2 is 2.35 bits per heavy atom. The van der Waals surface area contributed by atoms with Crippen molar-refractivity contribution >= 4 is 22.9 Å². The fourth-order valence-electron chi connectivity index (χ4n) is 1.67. The predicted octanol–water partition coefficient (Wildman–Crippen LogP) is 3.44. The maximum absolute atomic E-state index is 13.8. The number of nitrogens with zero attached hydrogens (tertiary/aromatic N) is 1. The van der Waals surface area contributed by atoms with Crippen molar-refractivity contribution in [3.05, 3.63) is 51.2 Å². The number of benzene rings is 1. The highest BCUT2D eigenvalue weighted by Gasteiger charge is 2.15. The summed E-state index contributed by atoms with van der Waals surface area (Å²) in [6.07, 6.45) is 2.36. The zero-order valence-electron chi connectivity index (χ0n) is 9.28. The molecular weight excluding hydrogens is 259 g/mol. The number of hydrogen-bond acceptors (Lipinski definition) is 3. The van der Waals surface area contributed by atoms with Crippen LogP contribution in [0.1, 0.15) is 16.5 Å². The molecule has 1 aromatic carbocycles. The topological polar surface area (TPSA) is 24.9 Å². The Kier molecular flexibility index (Phi) is 4.10. The first-order valence-corrected chi connectivity index (χ1v) is 6.46. The number of hydrogen-bond donors (Lipinski definition) is 1. The van der Waals surface area contributed by atoms with E-state index in [-0.39, 0.29) is 16.9 Å². The van der Waals surface area contributed by atoms with Crippen molar-refractivity contribution < 1.29 is 4.39 Å². The van der Waals surface area contributed by atoms with E-state index < -0.39 is 0 Å². The molecule has 1 unspecified atom stereocenters. The van der Waals surface area contributed by atoms with Gasteiger partial charge in [0.2, 0.25) is 0 Å². The lowest BCUT2D eigenvalue weighted by Gasteiger charge is -2.14. The van der Waals surface area contributed by atoms with Gasteiger partial charge in [0.25, 0.3) is 0 Å². The van der Waals surface area contributed by atoms with Gasteiger partial charge in [0.05, 0.1) is 10.5 Å². The monoisotopic (exact) mass is 270 g/mol. The first-order valence-electron chi connectivity index (χ1n) is 5.21. The highest BCUT2D eigenvalue weighted by Crippen LogP contribution is 2.25. The minimum absolute atomic E-state index is 0.0652. The summed E-state index contributed by atoms with van der Waals surface area (Å²) in [7, 11) is 1.85. The van der Waals surface area contributed by atoms with Crippen LogP contribution in [0.3, 0.4) is 0 Å². The Morgan fingerprint density at radius 3 is 3.00 bits per heavy atom. The van der Waals surface area contributed by atoms with Gasteiger partial charge >= 0.3 is 0 Å². The van der Waals surface area contributed by atoms with E-state index in [4.69, 9.17) is 11.6 Å². The van der Waals surface area contributed by atoms with Gasteiger partial charge in [0, 0.05) is 17.1 Å². The third kappa shape index (κ3) is 2.83. The number of thiazole rings is 1. The van der Waals surface area contributed by atoms with E-state index in [0.29, 0.717) is 12.0 Å². The van der Waals surface area contributed by atoms with Gasteiger partial charge in [-0.1, -0.05) is 23.7 Å². The molecule has 1 N–H and O–H groups in total. The van der Waals surface area contributed by atoms with E-state index in [2.05, 4.69) is 10.3 Å². The van der Waals surface area contributed by atoms with Crippen molar-refractivity contribution in [2.75, 3.05) is 7.05 Å². The van der Waals surface area contributed by atoms with Gasteiger partial charge in [0.15, 0.2) is 0 Å². The molecule has 90 valence electrons. The van der Waals surface area contributed by atoms with Gasteiger partial charge in [-0.15, -0.1) is 11.3 Å². The average Bonchev–Trinajstić information content (AvgIpc) is 2.85. The molecule has 0 bridgehead atoms. The molecule has 0 spiro atoms. The zero-order chi connectivity index (χ0) is 12.3. The molecule has 0 aliphatic heterocycles. The van der Waals surface area contributed by atoms with Gasteiger partial charge < -0.3 is 5.32 Å². The van der Waals surface area contributed by atoms with Gasteiger partial charge in [0.1, 0.15) is 5.82 Å². The summed E-state index contributed by atoms with van der Waals surface area (Å²) in [5.74, 6) is -0.334. The van der Waals surface area contributed by atoms with Crippen LogP contribution in [0.2, 0.25) is 5.02 Å². The Bertz CT molecular complexity index is 487. The van der Waals surface area contributed by atoms with Crippen LogP contribution in [-0.4, -0.2) is 12.0 Å². The van der Waals surface area contributed by atoms with Crippen molar-refractivity contribution in [3.63, 3.8) is 0 Å². The zero-order valence-corrected chi connectivity index (χ0v) is 10.9. The summed E-state index contributed by atoms with van der Waals surface area (Å²) in [6.45, 7) is 0. The average molecular weight is 271 g/mol. The van der Waals surface area contributed by atoms with Crippen molar-refractivity contribution in [1.82, 2.24) is 10.3 Å². The third-order valence-corrected chi connectivity index (χ3v) is 3.78. The minimum atomic E-state index is -0.334. The van der Waals surface area contributed by atoms with E-state index in [9.17, 15) is 4.39 Å². The van der Waals surface area contributed by atoms with Crippen molar-refractivity contribution in [3.8, 4) is 0 Å². The SMILES string of the molecule is CNC(Cc1cccc(Cl)c1F)c1cncs1.